The first-order chi connectivity index (χ1) is 13.9. The Hall–Kier alpha value is -3.12. The maximum atomic E-state index is 12.1. The maximum absolute atomic E-state index is 12.1. The monoisotopic (exact) mass is 452 g/mol. The summed E-state index contributed by atoms with van der Waals surface area (Å²) >= 11 is 3.43. The Morgan fingerprint density at radius 3 is 1.97 bits per heavy atom. The minimum atomic E-state index is -0.270. The van der Waals surface area contributed by atoms with Crippen molar-refractivity contribution in [1.82, 2.24) is 4.90 Å². The van der Waals surface area contributed by atoms with Crippen LogP contribution in [-0.4, -0.2) is 37.4 Å². The molecule has 0 saturated heterocycles. The summed E-state index contributed by atoms with van der Waals surface area (Å²) in [4.78, 5) is 25.5. The van der Waals surface area contributed by atoms with E-state index in [0.29, 0.717) is 17.0 Å². The molecule has 148 valence electrons. The van der Waals surface area contributed by atoms with Crippen molar-refractivity contribution >= 4 is 33.4 Å². The van der Waals surface area contributed by atoms with Crippen molar-refractivity contribution in [3.63, 3.8) is 0 Å². The van der Waals surface area contributed by atoms with Gasteiger partial charge in [-0.15, -0.1) is 0 Å². The normalized spacial score (nSPS) is 10.3. The van der Waals surface area contributed by atoms with Gasteiger partial charge in [0.2, 0.25) is 0 Å². The summed E-state index contributed by atoms with van der Waals surface area (Å²) in [7, 11) is 3.39. The molecule has 0 aromatic heterocycles. The third-order valence-electron chi connectivity index (χ3n) is 4.22. The van der Waals surface area contributed by atoms with E-state index < -0.39 is 0 Å². The molecule has 5 nitrogen and oxygen atoms in total. The van der Waals surface area contributed by atoms with E-state index in [1.807, 2.05) is 48.5 Å². The van der Waals surface area contributed by atoms with E-state index in [0.717, 1.165) is 15.6 Å². The van der Waals surface area contributed by atoms with Crippen molar-refractivity contribution in [3.05, 3.63) is 82.8 Å². The van der Waals surface area contributed by atoms with Crippen molar-refractivity contribution in [2.24, 2.45) is 0 Å². The van der Waals surface area contributed by atoms with E-state index in [1.54, 1.807) is 38.4 Å². The Bertz CT molecular complexity index is 982. The van der Waals surface area contributed by atoms with Crippen molar-refractivity contribution < 1.29 is 14.3 Å². The molecule has 3 rings (SSSR count). The first-order valence-electron chi connectivity index (χ1n) is 9.03. The van der Waals surface area contributed by atoms with Gasteiger partial charge in [-0.1, -0.05) is 40.2 Å². The number of carbonyl (C=O) groups is 2. The van der Waals surface area contributed by atoms with E-state index in [4.69, 9.17) is 4.74 Å². The number of rotatable bonds is 6. The summed E-state index contributed by atoms with van der Waals surface area (Å²) in [6.07, 6.45) is 0. The molecule has 0 bridgehead atoms. The summed E-state index contributed by atoms with van der Waals surface area (Å²) in [5.41, 5.74) is 3.35. The summed E-state index contributed by atoms with van der Waals surface area (Å²) < 4.78 is 6.60. The number of nitrogens with one attached hydrogen (secondary N) is 1. The standard InChI is InChI=1S/C23H21BrN2O3/c1-26(2)23(28)18-5-11-20(12-6-18)25-22(27)15-29-21-13-7-17(8-14-21)16-3-9-19(24)10-4-16/h3-14H,15H2,1-2H3,(H,25,27). The molecule has 0 aliphatic carbocycles. The number of nitrogens with zero attached hydrogens (tertiary/aromatic N) is 1. The Morgan fingerprint density at radius 1 is 0.862 bits per heavy atom. The molecule has 0 fully saturated rings. The second-order valence-electron chi connectivity index (χ2n) is 6.65. The number of hydrogen-bond acceptors (Lipinski definition) is 3. The number of carbonyl (C=O) groups excluding carboxylic acids is 2. The Balaban J connectivity index is 1.52. The molecular weight excluding hydrogens is 432 g/mol. The quantitative estimate of drug-likeness (QED) is 0.582. The van der Waals surface area contributed by atoms with Gasteiger partial charge in [0.25, 0.3) is 11.8 Å². The molecule has 0 spiro atoms. The number of anilines is 1. The van der Waals surface area contributed by atoms with Crippen LogP contribution in [0.3, 0.4) is 0 Å². The molecule has 0 radical (unpaired) electrons. The van der Waals surface area contributed by atoms with Crippen LogP contribution in [0.5, 0.6) is 5.75 Å². The van der Waals surface area contributed by atoms with Gasteiger partial charge in [0, 0.05) is 29.8 Å². The van der Waals surface area contributed by atoms with Gasteiger partial charge >= 0.3 is 0 Å². The van der Waals surface area contributed by atoms with Crippen LogP contribution in [0.1, 0.15) is 10.4 Å². The van der Waals surface area contributed by atoms with Crippen LogP contribution in [0.2, 0.25) is 0 Å². The van der Waals surface area contributed by atoms with Gasteiger partial charge in [-0.25, -0.2) is 0 Å². The Morgan fingerprint density at radius 2 is 1.41 bits per heavy atom. The third-order valence-corrected chi connectivity index (χ3v) is 4.75. The predicted molar refractivity (Wildman–Crippen MR) is 118 cm³/mol. The fraction of sp³-hybridized carbons (Fsp3) is 0.130. The van der Waals surface area contributed by atoms with Gasteiger partial charge in [-0.2, -0.15) is 0 Å². The molecule has 2 amide bonds. The molecule has 0 unspecified atom stereocenters. The molecule has 0 aliphatic rings. The fourth-order valence-electron chi connectivity index (χ4n) is 2.69. The molecule has 0 aliphatic heterocycles. The molecule has 3 aromatic rings. The number of ether oxygens (including phenoxy) is 1. The topological polar surface area (TPSA) is 58.6 Å². The summed E-state index contributed by atoms with van der Waals surface area (Å²) in [5.74, 6) is 0.263. The van der Waals surface area contributed by atoms with Crippen LogP contribution >= 0.6 is 15.9 Å². The molecule has 0 saturated carbocycles. The summed E-state index contributed by atoms with van der Waals surface area (Å²) in [6, 6.07) is 22.4. The van der Waals surface area contributed by atoms with Crippen LogP contribution in [0.25, 0.3) is 11.1 Å². The zero-order valence-electron chi connectivity index (χ0n) is 16.2. The van der Waals surface area contributed by atoms with Crippen molar-refractivity contribution in [2.45, 2.75) is 0 Å². The van der Waals surface area contributed by atoms with Gasteiger partial charge in [-0.3, -0.25) is 9.59 Å². The lowest BCUT2D eigenvalue weighted by Crippen LogP contribution is -2.22. The SMILES string of the molecule is CN(C)C(=O)c1ccc(NC(=O)COc2ccc(-c3ccc(Br)cc3)cc2)cc1. The average Bonchev–Trinajstić information content (AvgIpc) is 2.73. The Labute approximate surface area is 178 Å². The first-order valence-corrected chi connectivity index (χ1v) is 9.82. The highest BCUT2D eigenvalue weighted by Crippen LogP contribution is 2.24. The van der Waals surface area contributed by atoms with Crippen molar-refractivity contribution in [1.29, 1.82) is 0 Å². The highest BCUT2D eigenvalue weighted by atomic mass is 79.9. The Kier molecular flexibility index (Phi) is 6.67. The molecular formula is C23H21BrN2O3. The smallest absolute Gasteiger partial charge is 0.262 e. The summed E-state index contributed by atoms with van der Waals surface area (Å²) in [5, 5.41) is 2.76. The van der Waals surface area contributed by atoms with Gasteiger partial charge in [0.05, 0.1) is 0 Å². The van der Waals surface area contributed by atoms with Gasteiger partial charge in [-0.05, 0) is 59.7 Å². The zero-order chi connectivity index (χ0) is 20.8. The number of benzene rings is 3. The zero-order valence-corrected chi connectivity index (χ0v) is 17.8. The highest BCUT2D eigenvalue weighted by Gasteiger charge is 2.09. The second-order valence-corrected chi connectivity index (χ2v) is 7.56. The fourth-order valence-corrected chi connectivity index (χ4v) is 2.95. The van der Waals surface area contributed by atoms with E-state index in [1.165, 1.54) is 4.90 Å². The molecule has 0 heterocycles. The average molecular weight is 453 g/mol. The van der Waals surface area contributed by atoms with Crippen LogP contribution in [-0.2, 0) is 4.79 Å². The van der Waals surface area contributed by atoms with Crippen LogP contribution in [0.4, 0.5) is 5.69 Å². The molecule has 29 heavy (non-hydrogen) atoms. The van der Waals surface area contributed by atoms with Crippen LogP contribution in [0.15, 0.2) is 77.3 Å². The number of halogens is 1. The van der Waals surface area contributed by atoms with Gasteiger partial charge in [0.1, 0.15) is 5.75 Å². The van der Waals surface area contributed by atoms with Gasteiger partial charge in [0.15, 0.2) is 6.61 Å². The minimum absolute atomic E-state index is 0.0854. The lowest BCUT2D eigenvalue weighted by molar-refractivity contribution is -0.118. The van der Waals surface area contributed by atoms with E-state index in [9.17, 15) is 9.59 Å². The predicted octanol–water partition coefficient (Wildman–Crippen LogP) is 4.84. The van der Waals surface area contributed by atoms with E-state index >= 15 is 0 Å². The third kappa shape index (κ3) is 5.68. The summed E-state index contributed by atoms with van der Waals surface area (Å²) in [6.45, 7) is -0.101. The maximum Gasteiger partial charge on any atom is 0.262 e. The molecule has 1 N–H and O–H groups in total. The molecule has 6 heteroatoms. The van der Waals surface area contributed by atoms with Crippen LogP contribution < -0.4 is 10.1 Å². The van der Waals surface area contributed by atoms with Gasteiger partial charge < -0.3 is 15.0 Å². The van der Waals surface area contributed by atoms with E-state index in [-0.39, 0.29) is 18.4 Å². The number of hydrogen-bond donors (Lipinski definition) is 1. The van der Waals surface area contributed by atoms with Crippen molar-refractivity contribution in [2.75, 3.05) is 26.0 Å². The lowest BCUT2D eigenvalue weighted by Gasteiger charge is -2.11. The first kappa shape index (κ1) is 20.6. The largest absolute Gasteiger partial charge is 0.484 e. The number of amides is 2. The van der Waals surface area contributed by atoms with Crippen molar-refractivity contribution in [3.8, 4) is 16.9 Å². The second kappa shape index (κ2) is 9.39. The lowest BCUT2D eigenvalue weighted by atomic mass is 10.1. The minimum Gasteiger partial charge on any atom is -0.484 e. The highest BCUT2D eigenvalue weighted by molar-refractivity contribution is 9.10. The van der Waals surface area contributed by atoms with E-state index in [2.05, 4.69) is 21.2 Å². The molecule has 3 aromatic carbocycles. The van der Waals surface area contributed by atoms with Crippen LogP contribution in [0, 0.1) is 0 Å². The molecule has 0 atom stereocenters.